The number of piperidine rings is 1. The van der Waals surface area contributed by atoms with Gasteiger partial charge in [0, 0.05) is 44.7 Å². The topological polar surface area (TPSA) is 111 Å². The molecule has 0 radical (unpaired) electrons. The lowest BCUT2D eigenvalue weighted by Gasteiger charge is -2.35. The average molecular weight is 485 g/mol. The van der Waals surface area contributed by atoms with Gasteiger partial charge in [-0.25, -0.2) is 24.3 Å². The number of aryl methyl sites for hydroxylation is 1. The fraction of sp³-hybridized carbons (Fsp3) is 0.375. The van der Waals surface area contributed by atoms with Crippen molar-refractivity contribution in [2.45, 2.75) is 38.7 Å². The SMILES string of the molecule is CCc1nc(/C(N)=C(\Cn2cc(-n3cccn3)ccc2=O)N(C)N)ccc1N1CCCC(F)(F)C1. The molecule has 0 bridgehead atoms. The Morgan fingerprint density at radius 1 is 1.26 bits per heavy atom. The number of nitrogens with two attached hydrogens (primary N) is 2. The Morgan fingerprint density at radius 2 is 2.06 bits per heavy atom. The summed E-state index contributed by atoms with van der Waals surface area (Å²) in [4.78, 5) is 18.9. The van der Waals surface area contributed by atoms with Gasteiger partial charge in [-0.15, -0.1) is 0 Å². The van der Waals surface area contributed by atoms with Crippen LogP contribution in [-0.4, -0.2) is 50.4 Å². The zero-order valence-electron chi connectivity index (χ0n) is 19.9. The van der Waals surface area contributed by atoms with E-state index in [-0.39, 0.29) is 25.1 Å². The van der Waals surface area contributed by atoms with E-state index in [2.05, 4.69) is 10.1 Å². The molecule has 3 aromatic heterocycles. The van der Waals surface area contributed by atoms with E-state index in [1.807, 2.05) is 6.92 Å². The molecular weight excluding hydrogens is 454 g/mol. The second-order valence-corrected chi connectivity index (χ2v) is 8.67. The van der Waals surface area contributed by atoms with Crippen LogP contribution in [0.5, 0.6) is 0 Å². The summed E-state index contributed by atoms with van der Waals surface area (Å²) in [6.07, 6.45) is 5.99. The lowest BCUT2D eigenvalue weighted by molar-refractivity contribution is -0.0117. The van der Waals surface area contributed by atoms with Crippen molar-refractivity contribution in [1.29, 1.82) is 0 Å². The molecule has 1 aliphatic heterocycles. The number of aromatic nitrogens is 4. The van der Waals surface area contributed by atoms with Gasteiger partial charge in [-0.3, -0.25) is 4.79 Å². The highest BCUT2D eigenvalue weighted by molar-refractivity contribution is 5.65. The smallest absolute Gasteiger partial charge is 0.265 e. The number of likely N-dealkylation sites (N-methyl/N-ethyl adjacent to an activating group) is 1. The summed E-state index contributed by atoms with van der Waals surface area (Å²) in [7, 11) is 1.63. The molecule has 0 amide bonds. The molecule has 9 nitrogen and oxygen atoms in total. The van der Waals surface area contributed by atoms with E-state index < -0.39 is 5.92 Å². The van der Waals surface area contributed by atoms with Crippen molar-refractivity contribution in [2.24, 2.45) is 11.6 Å². The molecule has 0 aromatic carbocycles. The molecule has 1 fully saturated rings. The maximum atomic E-state index is 14.0. The largest absolute Gasteiger partial charge is 0.395 e. The third-order valence-corrected chi connectivity index (χ3v) is 6.09. The van der Waals surface area contributed by atoms with Crippen molar-refractivity contribution in [3.8, 4) is 5.69 Å². The number of anilines is 1. The average Bonchev–Trinajstić information content (AvgIpc) is 3.37. The van der Waals surface area contributed by atoms with E-state index in [0.717, 1.165) is 0 Å². The molecule has 0 spiro atoms. The Balaban J connectivity index is 1.68. The summed E-state index contributed by atoms with van der Waals surface area (Å²) in [6.45, 7) is 2.27. The van der Waals surface area contributed by atoms with E-state index in [1.165, 1.54) is 15.6 Å². The third-order valence-electron chi connectivity index (χ3n) is 6.09. The molecule has 0 atom stereocenters. The summed E-state index contributed by atoms with van der Waals surface area (Å²) in [5.74, 6) is 3.38. The number of halogens is 2. The van der Waals surface area contributed by atoms with Gasteiger partial charge >= 0.3 is 0 Å². The number of pyridine rings is 2. The Hall–Kier alpha value is -3.73. The first-order valence-electron chi connectivity index (χ1n) is 11.5. The Labute approximate surface area is 202 Å². The summed E-state index contributed by atoms with van der Waals surface area (Å²) in [6, 6.07) is 8.43. The van der Waals surface area contributed by atoms with Crippen molar-refractivity contribution in [2.75, 3.05) is 25.0 Å². The fourth-order valence-corrected chi connectivity index (χ4v) is 4.26. The number of nitrogens with zero attached hydrogens (tertiary/aromatic N) is 6. The molecule has 35 heavy (non-hydrogen) atoms. The minimum Gasteiger partial charge on any atom is -0.395 e. The standard InChI is InChI=1S/C24H30F2N8O/c1-3-18-20(32-12-4-10-24(25,26)16-32)8-7-19(30-18)23(27)21(31(2)28)15-33-14-17(6-9-22(33)35)34-13-5-11-29-34/h5-9,11,13-14H,3-4,10,12,15-16,27-28H2,1-2H3/b23-21-. The van der Waals surface area contributed by atoms with E-state index in [1.54, 1.807) is 59.5 Å². The highest BCUT2D eigenvalue weighted by atomic mass is 19.3. The first-order chi connectivity index (χ1) is 16.7. The van der Waals surface area contributed by atoms with E-state index >= 15 is 0 Å². The number of rotatable bonds is 7. The molecule has 1 aliphatic rings. The molecule has 3 aromatic rings. The van der Waals surface area contributed by atoms with Crippen LogP contribution in [0, 0.1) is 0 Å². The first-order valence-corrected chi connectivity index (χ1v) is 11.5. The molecule has 0 aliphatic carbocycles. The highest BCUT2D eigenvalue weighted by Crippen LogP contribution is 2.32. The van der Waals surface area contributed by atoms with Crippen LogP contribution in [0.2, 0.25) is 0 Å². The predicted octanol–water partition coefficient (Wildman–Crippen LogP) is 2.36. The monoisotopic (exact) mass is 484 g/mol. The summed E-state index contributed by atoms with van der Waals surface area (Å²) < 4.78 is 31.1. The first kappa shape index (κ1) is 24.4. The molecule has 4 heterocycles. The normalized spacial score (nSPS) is 16.2. The van der Waals surface area contributed by atoms with Crippen LogP contribution in [-0.2, 0) is 13.0 Å². The van der Waals surface area contributed by atoms with Crippen molar-refractivity contribution in [3.05, 3.63) is 76.4 Å². The number of hydrogen-bond donors (Lipinski definition) is 2. The van der Waals surface area contributed by atoms with Gasteiger partial charge in [0.1, 0.15) is 0 Å². The lowest BCUT2D eigenvalue weighted by Crippen LogP contribution is -2.43. The maximum Gasteiger partial charge on any atom is 0.265 e. The maximum absolute atomic E-state index is 14.0. The van der Waals surface area contributed by atoms with Gasteiger partial charge in [0.2, 0.25) is 0 Å². The van der Waals surface area contributed by atoms with Crippen LogP contribution in [0.4, 0.5) is 14.5 Å². The van der Waals surface area contributed by atoms with Gasteiger partial charge in [-0.05, 0) is 37.1 Å². The van der Waals surface area contributed by atoms with Gasteiger partial charge in [-0.2, -0.15) is 5.10 Å². The zero-order chi connectivity index (χ0) is 25.2. The number of hydrazine groups is 1. The van der Waals surface area contributed by atoms with E-state index in [9.17, 15) is 13.6 Å². The molecule has 0 unspecified atom stereocenters. The Morgan fingerprint density at radius 3 is 2.71 bits per heavy atom. The molecular formula is C24H30F2N8O. The van der Waals surface area contributed by atoms with Crippen molar-refractivity contribution >= 4 is 11.4 Å². The Kier molecular flexibility index (Phi) is 6.88. The lowest BCUT2D eigenvalue weighted by atomic mass is 10.1. The number of hydrogen-bond acceptors (Lipinski definition) is 7. The van der Waals surface area contributed by atoms with E-state index in [0.29, 0.717) is 53.5 Å². The van der Waals surface area contributed by atoms with Gasteiger partial charge < -0.3 is 20.2 Å². The molecule has 4 N–H and O–H groups in total. The Bertz CT molecular complexity index is 1270. The van der Waals surface area contributed by atoms with Gasteiger partial charge in [-0.1, -0.05) is 6.92 Å². The fourth-order valence-electron chi connectivity index (χ4n) is 4.26. The zero-order valence-corrected chi connectivity index (χ0v) is 19.9. The van der Waals surface area contributed by atoms with Crippen LogP contribution in [0.25, 0.3) is 11.4 Å². The molecule has 11 heteroatoms. The number of alkyl halides is 2. The minimum absolute atomic E-state index is 0.0979. The van der Waals surface area contributed by atoms with E-state index in [4.69, 9.17) is 11.6 Å². The second-order valence-electron chi connectivity index (χ2n) is 8.67. The van der Waals surface area contributed by atoms with Crippen LogP contribution >= 0.6 is 0 Å². The van der Waals surface area contributed by atoms with Gasteiger partial charge in [0.25, 0.3) is 11.5 Å². The predicted molar refractivity (Wildman–Crippen MR) is 131 cm³/mol. The molecule has 1 saturated heterocycles. The summed E-state index contributed by atoms with van der Waals surface area (Å²) in [5.41, 5.74) is 9.60. The van der Waals surface area contributed by atoms with Crippen LogP contribution in [0.1, 0.15) is 31.2 Å². The van der Waals surface area contributed by atoms with Gasteiger partial charge in [0.05, 0.1) is 47.2 Å². The third kappa shape index (κ3) is 5.35. The quantitative estimate of drug-likeness (QED) is 0.391. The molecule has 4 rings (SSSR count). The van der Waals surface area contributed by atoms with Crippen molar-refractivity contribution in [3.63, 3.8) is 0 Å². The summed E-state index contributed by atoms with van der Waals surface area (Å²) >= 11 is 0. The van der Waals surface area contributed by atoms with Crippen LogP contribution in [0.3, 0.4) is 0 Å². The van der Waals surface area contributed by atoms with Gasteiger partial charge in [0.15, 0.2) is 0 Å². The van der Waals surface area contributed by atoms with Crippen molar-refractivity contribution in [1.82, 2.24) is 24.3 Å². The molecule has 186 valence electrons. The highest BCUT2D eigenvalue weighted by Gasteiger charge is 2.36. The second kappa shape index (κ2) is 9.87. The van der Waals surface area contributed by atoms with Crippen LogP contribution in [0.15, 0.2) is 59.4 Å². The number of allylic oxidation sites excluding steroid dienone is 1. The minimum atomic E-state index is -2.71. The summed E-state index contributed by atoms with van der Waals surface area (Å²) in [5, 5.41) is 5.55. The van der Waals surface area contributed by atoms with Crippen molar-refractivity contribution < 1.29 is 8.78 Å². The van der Waals surface area contributed by atoms with Crippen LogP contribution < -0.4 is 22.0 Å². The molecule has 0 saturated carbocycles.